The van der Waals surface area contributed by atoms with E-state index in [2.05, 4.69) is 24.4 Å². The molecule has 1 N–H and O–H groups in total. The van der Waals surface area contributed by atoms with Gasteiger partial charge in [0.05, 0.1) is 0 Å². The van der Waals surface area contributed by atoms with Crippen LogP contribution in [-0.4, -0.2) is 5.91 Å². The smallest absolute Gasteiger partial charge is 0.223 e. The molecule has 14 heavy (non-hydrogen) atoms. The van der Waals surface area contributed by atoms with Crippen molar-refractivity contribution in [3.8, 4) is 0 Å². The number of hydrogen-bond donors (Lipinski definition) is 1. The fourth-order valence-electron chi connectivity index (χ4n) is 1.98. The van der Waals surface area contributed by atoms with Gasteiger partial charge in [0.1, 0.15) is 0 Å². The zero-order chi connectivity index (χ0) is 10.1. The molecule has 0 saturated heterocycles. The number of benzene rings is 1. The summed E-state index contributed by atoms with van der Waals surface area (Å²) in [6, 6.07) is 8.27. The minimum atomic E-state index is 0.0682. The van der Waals surface area contributed by atoms with E-state index in [0.29, 0.717) is 12.5 Å². The highest BCUT2D eigenvalue weighted by Gasteiger charge is 2.26. The van der Waals surface area contributed by atoms with Crippen molar-refractivity contribution in [1.29, 1.82) is 0 Å². The van der Waals surface area contributed by atoms with Crippen LogP contribution in [0.3, 0.4) is 0 Å². The van der Waals surface area contributed by atoms with Gasteiger partial charge in [-0.05, 0) is 17.0 Å². The molecule has 0 fully saturated rings. The second-order valence-electron chi connectivity index (χ2n) is 3.99. The molecular formula is C12H15NO. The van der Waals surface area contributed by atoms with Gasteiger partial charge in [0.25, 0.3) is 0 Å². The quantitative estimate of drug-likeness (QED) is 0.665. The summed E-state index contributed by atoms with van der Waals surface area (Å²) in [7, 11) is 0. The Bertz CT molecular complexity index is 359. The van der Waals surface area contributed by atoms with Crippen LogP contribution in [0.1, 0.15) is 30.9 Å². The van der Waals surface area contributed by atoms with E-state index in [-0.39, 0.29) is 11.8 Å². The van der Waals surface area contributed by atoms with Crippen molar-refractivity contribution in [2.24, 2.45) is 5.92 Å². The molecule has 2 rings (SSSR count). The maximum atomic E-state index is 11.6. The lowest BCUT2D eigenvalue weighted by Gasteiger charge is -2.16. The predicted octanol–water partition coefficient (Wildman–Crippen LogP) is 2.06. The average Bonchev–Trinajstić information content (AvgIpc) is 2.32. The lowest BCUT2D eigenvalue weighted by molar-refractivity contribution is -0.124. The van der Waals surface area contributed by atoms with Gasteiger partial charge in [-0.1, -0.05) is 38.1 Å². The number of fused-ring (bicyclic) bond motifs is 1. The molecule has 1 aliphatic heterocycles. The molecule has 2 unspecified atom stereocenters. The topological polar surface area (TPSA) is 29.1 Å². The van der Waals surface area contributed by atoms with Crippen molar-refractivity contribution in [3.63, 3.8) is 0 Å². The van der Waals surface area contributed by atoms with Crippen LogP contribution in [0, 0.1) is 5.92 Å². The van der Waals surface area contributed by atoms with Gasteiger partial charge in [0.15, 0.2) is 0 Å². The van der Waals surface area contributed by atoms with E-state index >= 15 is 0 Å². The third-order valence-corrected chi connectivity index (χ3v) is 3.16. The molecule has 74 valence electrons. The van der Waals surface area contributed by atoms with Crippen LogP contribution in [-0.2, 0) is 11.3 Å². The number of nitrogens with one attached hydrogen (secondary N) is 1. The van der Waals surface area contributed by atoms with Crippen LogP contribution in [0.2, 0.25) is 0 Å². The molecule has 0 saturated carbocycles. The van der Waals surface area contributed by atoms with Crippen LogP contribution >= 0.6 is 0 Å². The molecule has 1 aromatic rings. The fourth-order valence-corrected chi connectivity index (χ4v) is 1.98. The van der Waals surface area contributed by atoms with Crippen molar-refractivity contribution in [1.82, 2.24) is 5.32 Å². The van der Waals surface area contributed by atoms with Crippen molar-refractivity contribution in [2.45, 2.75) is 26.3 Å². The molecule has 1 heterocycles. The van der Waals surface area contributed by atoms with Crippen molar-refractivity contribution < 1.29 is 4.79 Å². The summed E-state index contributed by atoms with van der Waals surface area (Å²) in [6.45, 7) is 4.78. The molecule has 2 atom stereocenters. The first-order valence-corrected chi connectivity index (χ1v) is 5.05. The average molecular weight is 189 g/mol. The second-order valence-corrected chi connectivity index (χ2v) is 3.99. The van der Waals surface area contributed by atoms with Gasteiger partial charge in [-0.2, -0.15) is 0 Å². The Kier molecular flexibility index (Phi) is 2.28. The number of carbonyl (C=O) groups is 1. The normalized spacial score (nSPS) is 26.3. The van der Waals surface area contributed by atoms with Gasteiger partial charge in [-0.3, -0.25) is 4.79 Å². The van der Waals surface area contributed by atoms with Gasteiger partial charge in [-0.25, -0.2) is 0 Å². The first-order valence-electron chi connectivity index (χ1n) is 5.05. The fraction of sp³-hybridized carbons (Fsp3) is 0.417. The highest BCUT2D eigenvalue weighted by Crippen LogP contribution is 2.29. The summed E-state index contributed by atoms with van der Waals surface area (Å²) in [5, 5.41) is 2.94. The molecule has 0 aliphatic carbocycles. The van der Waals surface area contributed by atoms with E-state index in [4.69, 9.17) is 0 Å². The maximum absolute atomic E-state index is 11.6. The molecule has 2 nitrogen and oxygen atoms in total. The summed E-state index contributed by atoms with van der Waals surface area (Å²) in [4.78, 5) is 11.6. The molecule has 1 aliphatic rings. The summed E-state index contributed by atoms with van der Waals surface area (Å²) in [5.41, 5.74) is 2.55. The molecule has 0 radical (unpaired) electrons. The number of rotatable bonds is 0. The van der Waals surface area contributed by atoms with Crippen LogP contribution in [0.25, 0.3) is 0 Å². The summed E-state index contributed by atoms with van der Waals surface area (Å²) >= 11 is 0. The zero-order valence-corrected chi connectivity index (χ0v) is 8.58. The first-order chi connectivity index (χ1) is 6.70. The maximum Gasteiger partial charge on any atom is 0.223 e. The standard InChI is InChI=1S/C12H15NO/c1-8-9(2)12(14)13-7-10-5-3-4-6-11(8)10/h3-6,8-9H,7H2,1-2H3,(H,13,14). The third kappa shape index (κ3) is 1.41. The molecule has 2 heteroatoms. The van der Waals surface area contributed by atoms with Crippen LogP contribution < -0.4 is 5.32 Å². The van der Waals surface area contributed by atoms with Crippen molar-refractivity contribution in [3.05, 3.63) is 35.4 Å². The minimum absolute atomic E-state index is 0.0682. The van der Waals surface area contributed by atoms with Gasteiger partial charge < -0.3 is 5.32 Å². The Morgan fingerprint density at radius 2 is 1.93 bits per heavy atom. The Balaban J connectivity index is 2.45. The first kappa shape index (κ1) is 9.25. The molecule has 1 aromatic carbocycles. The summed E-state index contributed by atoms with van der Waals surface area (Å²) < 4.78 is 0. The molecule has 0 aromatic heterocycles. The Labute approximate surface area is 84.3 Å². The lowest BCUT2D eigenvalue weighted by Crippen LogP contribution is -2.28. The molecule has 0 bridgehead atoms. The van der Waals surface area contributed by atoms with E-state index < -0.39 is 0 Å². The van der Waals surface area contributed by atoms with Crippen LogP contribution in [0.5, 0.6) is 0 Å². The largest absolute Gasteiger partial charge is 0.352 e. The predicted molar refractivity (Wildman–Crippen MR) is 55.9 cm³/mol. The monoisotopic (exact) mass is 189 g/mol. The number of amides is 1. The van der Waals surface area contributed by atoms with Crippen molar-refractivity contribution >= 4 is 5.91 Å². The Hall–Kier alpha value is -1.31. The van der Waals surface area contributed by atoms with E-state index in [1.807, 2.05) is 19.1 Å². The van der Waals surface area contributed by atoms with Gasteiger partial charge in [0.2, 0.25) is 5.91 Å². The summed E-state index contributed by atoms with van der Waals surface area (Å²) in [5.74, 6) is 0.543. The molecular weight excluding hydrogens is 174 g/mol. The summed E-state index contributed by atoms with van der Waals surface area (Å²) in [6.07, 6.45) is 0. The van der Waals surface area contributed by atoms with E-state index in [1.54, 1.807) is 0 Å². The SMILES string of the molecule is CC1C(=O)NCc2ccccc2C1C. The van der Waals surface area contributed by atoms with E-state index in [9.17, 15) is 4.79 Å². The van der Waals surface area contributed by atoms with Gasteiger partial charge >= 0.3 is 0 Å². The Morgan fingerprint density at radius 3 is 2.71 bits per heavy atom. The molecule has 1 amide bonds. The highest BCUT2D eigenvalue weighted by molar-refractivity contribution is 5.80. The second kappa shape index (κ2) is 3.45. The van der Waals surface area contributed by atoms with E-state index in [0.717, 1.165) is 0 Å². The number of carbonyl (C=O) groups excluding carboxylic acids is 1. The lowest BCUT2D eigenvalue weighted by atomic mass is 9.87. The minimum Gasteiger partial charge on any atom is -0.352 e. The van der Waals surface area contributed by atoms with E-state index in [1.165, 1.54) is 11.1 Å². The molecule has 0 spiro atoms. The highest BCUT2D eigenvalue weighted by atomic mass is 16.1. The Morgan fingerprint density at radius 1 is 1.21 bits per heavy atom. The van der Waals surface area contributed by atoms with Crippen LogP contribution in [0.15, 0.2) is 24.3 Å². The number of hydrogen-bond acceptors (Lipinski definition) is 1. The third-order valence-electron chi connectivity index (χ3n) is 3.16. The van der Waals surface area contributed by atoms with Gasteiger partial charge in [0, 0.05) is 12.5 Å². The van der Waals surface area contributed by atoms with Gasteiger partial charge in [-0.15, -0.1) is 0 Å². The van der Waals surface area contributed by atoms with Crippen molar-refractivity contribution in [2.75, 3.05) is 0 Å². The zero-order valence-electron chi connectivity index (χ0n) is 8.58. The van der Waals surface area contributed by atoms with Crippen LogP contribution in [0.4, 0.5) is 0 Å².